The summed E-state index contributed by atoms with van der Waals surface area (Å²) >= 11 is 1.32. The maximum absolute atomic E-state index is 12.1. The van der Waals surface area contributed by atoms with Gasteiger partial charge in [-0.25, -0.2) is 0 Å². The zero-order chi connectivity index (χ0) is 14.5. The fourth-order valence-electron chi connectivity index (χ4n) is 1.90. The zero-order valence-corrected chi connectivity index (χ0v) is 12.1. The molecule has 1 amide bonds. The van der Waals surface area contributed by atoms with Crippen LogP contribution in [0.4, 0.5) is 0 Å². The predicted molar refractivity (Wildman–Crippen MR) is 76.1 cm³/mol. The molecule has 2 heterocycles. The second-order valence-electron chi connectivity index (χ2n) is 4.46. The number of thiophene rings is 1. The molecule has 0 fully saturated rings. The monoisotopic (exact) mass is 295 g/mol. The van der Waals surface area contributed by atoms with Gasteiger partial charge in [0, 0.05) is 12.5 Å². The quantitative estimate of drug-likeness (QED) is 0.859. The van der Waals surface area contributed by atoms with Crippen LogP contribution in [0.2, 0.25) is 0 Å². The van der Waals surface area contributed by atoms with Gasteiger partial charge in [0.2, 0.25) is 0 Å². The van der Waals surface area contributed by atoms with Gasteiger partial charge < -0.3 is 19.6 Å². The van der Waals surface area contributed by atoms with Gasteiger partial charge in [-0.1, -0.05) is 0 Å². The van der Waals surface area contributed by atoms with Gasteiger partial charge in [-0.2, -0.15) is 0 Å². The van der Waals surface area contributed by atoms with E-state index in [4.69, 9.17) is 9.15 Å². The van der Waals surface area contributed by atoms with Crippen molar-refractivity contribution in [2.45, 2.75) is 25.5 Å². The van der Waals surface area contributed by atoms with Crippen molar-refractivity contribution in [1.82, 2.24) is 5.32 Å². The van der Waals surface area contributed by atoms with Crippen molar-refractivity contribution in [3.8, 4) is 5.75 Å². The average molecular weight is 295 g/mol. The van der Waals surface area contributed by atoms with Gasteiger partial charge >= 0.3 is 0 Å². The Morgan fingerprint density at radius 1 is 1.55 bits per heavy atom. The summed E-state index contributed by atoms with van der Waals surface area (Å²) in [5.74, 6) is 0.863. The first kappa shape index (κ1) is 14.6. The maximum Gasteiger partial charge on any atom is 0.265 e. The summed E-state index contributed by atoms with van der Waals surface area (Å²) in [5, 5.41) is 14.6. The Morgan fingerprint density at radius 2 is 2.35 bits per heavy atom. The van der Waals surface area contributed by atoms with E-state index in [-0.39, 0.29) is 11.9 Å². The van der Waals surface area contributed by atoms with E-state index in [2.05, 4.69) is 5.32 Å². The van der Waals surface area contributed by atoms with Crippen molar-refractivity contribution in [2.24, 2.45) is 0 Å². The molecule has 2 rings (SSSR count). The minimum absolute atomic E-state index is 0.186. The largest absolute Gasteiger partial charge is 0.495 e. The number of aliphatic hydroxyl groups excluding tert-OH is 1. The van der Waals surface area contributed by atoms with E-state index in [0.717, 1.165) is 0 Å². The molecule has 0 spiro atoms. The van der Waals surface area contributed by atoms with E-state index >= 15 is 0 Å². The molecule has 6 heteroatoms. The number of hydrogen-bond acceptors (Lipinski definition) is 5. The average Bonchev–Trinajstić information content (AvgIpc) is 3.09. The lowest BCUT2D eigenvalue weighted by molar-refractivity contribution is 0.0904. The third-order valence-corrected chi connectivity index (χ3v) is 3.78. The van der Waals surface area contributed by atoms with Crippen LogP contribution in [0, 0.1) is 0 Å². The normalized spacial score (nSPS) is 13.8. The molecule has 0 saturated carbocycles. The summed E-state index contributed by atoms with van der Waals surface area (Å²) in [6, 6.07) is 5.00. The fourth-order valence-corrected chi connectivity index (χ4v) is 2.67. The first-order valence-corrected chi connectivity index (χ1v) is 7.13. The second-order valence-corrected chi connectivity index (χ2v) is 5.38. The van der Waals surface area contributed by atoms with Crippen molar-refractivity contribution >= 4 is 17.2 Å². The lowest BCUT2D eigenvalue weighted by Gasteiger charge is -2.16. The summed E-state index contributed by atoms with van der Waals surface area (Å²) in [4.78, 5) is 12.6. The molecule has 20 heavy (non-hydrogen) atoms. The van der Waals surface area contributed by atoms with Gasteiger partial charge in [-0.3, -0.25) is 4.79 Å². The van der Waals surface area contributed by atoms with Gasteiger partial charge in [0.1, 0.15) is 22.5 Å². The summed E-state index contributed by atoms with van der Waals surface area (Å²) in [6.07, 6.45) is 1.16. The number of furan rings is 1. The molecule has 108 valence electrons. The van der Waals surface area contributed by atoms with E-state index in [1.54, 1.807) is 23.6 Å². The van der Waals surface area contributed by atoms with Crippen LogP contribution >= 0.6 is 11.3 Å². The van der Waals surface area contributed by atoms with E-state index in [1.165, 1.54) is 24.7 Å². The Morgan fingerprint density at radius 3 is 3.00 bits per heavy atom. The van der Waals surface area contributed by atoms with Gasteiger partial charge in [-0.05, 0) is 30.5 Å². The molecule has 2 aromatic heterocycles. The van der Waals surface area contributed by atoms with Gasteiger partial charge in [0.25, 0.3) is 5.91 Å². The minimum Gasteiger partial charge on any atom is -0.495 e. The number of rotatable bonds is 6. The standard InChI is InChI=1S/C14H17NO4S/c1-9(8-10(16)11-4-3-6-19-11)15-14(17)13-12(18-2)5-7-20-13/h3-7,9-10,16H,8H2,1-2H3,(H,15,17). The highest BCUT2D eigenvalue weighted by Gasteiger charge is 2.19. The van der Waals surface area contributed by atoms with Crippen LogP contribution in [0.1, 0.15) is 34.9 Å². The Labute approximate surface area is 121 Å². The maximum atomic E-state index is 12.1. The van der Waals surface area contributed by atoms with Crippen LogP contribution in [0.15, 0.2) is 34.3 Å². The summed E-state index contributed by atoms with van der Waals surface area (Å²) < 4.78 is 10.2. The van der Waals surface area contributed by atoms with Crippen LogP contribution in [-0.2, 0) is 0 Å². The van der Waals surface area contributed by atoms with E-state index in [0.29, 0.717) is 22.8 Å². The molecule has 0 bridgehead atoms. The van der Waals surface area contributed by atoms with E-state index in [9.17, 15) is 9.90 Å². The second kappa shape index (κ2) is 6.58. The number of aliphatic hydroxyl groups is 1. The van der Waals surface area contributed by atoms with Gasteiger partial charge in [-0.15, -0.1) is 11.3 Å². The van der Waals surface area contributed by atoms with Crippen molar-refractivity contribution in [2.75, 3.05) is 7.11 Å². The van der Waals surface area contributed by atoms with Crippen molar-refractivity contribution in [3.05, 3.63) is 40.5 Å². The fraction of sp³-hybridized carbons (Fsp3) is 0.357. The summed E-state index contributed by atoms with van der Waals surface area (Å²) in [5.41, 5.74) is 0. The zero-order valence-electron chi connectivity index (χ0n) is 11.3. The number of nitrogens with one attached hydrogen (secondary N) is 1. The number of amides is 1. The Kier molecular flexibility index (Phi) is 4.81. The molecule has 0 aliphatic rings. The molecule has 0 aliphatic heterocycles. The van der Waals surface area contributed by atoms with Crippen LogP contribution in [0.3, 0.4) is 0 Å². The molecule has 2 unspecified atom stereocenters. The SMILES string of the molecule is COc1ccsc1C(=O)NC(C)CC(O)c1ccco1. The van der Waals surface area contributed by atoms with Crippen LogP contribution < -0.4 is 10.1 Å². The molecule has 0 aromatic carbocycles. The molecule has 0 radical (unpaired) electrons. The number of carbonyl (C=O) groups excluding carboxylic acids is 1. The van der Waals surface area contributed by atoms with Crippen molar-refractivity contribution in [3.63, 3.8) is 0 Å². The van der Waals surface area contributed by atoms with Crippen molar-refractivity contribution < 1.29 is 19.1 Å². The molecular formula is C14H17NO4S. The van der Waals surface area contributed by atoms with Crippen molar-refractivity contribution in [1.29, 1.82) is 0 Å². The van der Waals surface area contributed by atoms with Gasteiger partial charge in [0.05, 0.1) is 13.4 Å². The molecular weight excluding hydrogens is 278 g/mol. The lowest BCUT2D eigenvalue weighted by atomic mass is 10.1. The predicted octanol–water partition coefficient (Wildman–Crippen LogP) is 2.59. The van der Waals surface area contributed by atoms with Crippen LogP contribution in [-0.4, -0.2) is 24.2 Å². The molecule has 5 nitrogen and oxygen atoms in total. The number of ether oxygens (including phenoxy) is 1. The first-order valence-electron chi connectivity index (χ1n) is 6.25. The number of hydrogen-bond donors (Lipinski definition) is 2. The Balaban J connectivity index is 1.91. The number of carbonyl (C=O) groups is 1. The smallest absolute Gasteiger partial charge is 0.265 e. The summed E-state index contributed by atoms with van der Waals surface area (Å²) in [6.45, 7) is 1.84. The summed E-state index contributed by atoms with van der Waals surface area (Å²) in [7, 11) is 1.53. The highest BCUT2D eigenvalue weighted by molar-refractivity contribution is 7.12. The third kappa shape index (κ3) is 3.40. The molecule has 0 aliphatic carbocycles. The first-order chi connectivity index (χ1) is 9.61. The highest BCUT2D eigenvalue weighted by atomic mass is 32.1. The molecule has 2 atom stereocenters. The van der Waals surface area contributed by atoms with Crippen LogP contribution in [0.5, 0.6) is 5.75 Å². The molecule has 2 aromatic rings. The highest BCUT2D eigenvalue weighted by Crippen LogP contribution is 2.25. The molecule has 2 N–H and O–H groups in total. The third-order valence-electron chi connectivity index (χ3n) is 2.88. The van der Waals surface area contributed by atoms with Crippen LogP contribution in [0.25, 0.3) is 0 Å². The van der Waals surface area contributed by atoms with E-state index in [1.807, 2.05) is 6.92 Å². The Hall–Kier alpha value is -1.79. The lowest BCUT2D eigenvalue weighted by Crippen LogP contribution is -2.33. The topological polar surface area (TPSA) is 71.7 Å². The number of methoxy groups -OCH3 is 1. The Bertz CT molecular complexity index is 549. The minimum atomic E-state index is -0.731. The molecule has 0 saturated heterocycles. The van der Waals surface area contributed by atoms with Gasteiger partial charge in [0.15, 0.2) is 0 Å². The van der Waals surface area contributed by atoms with E-state index < -0.39 is 6.10 Å².